The second kappa shape index (κ2) is 9.70. The predicted octanol–water partition coefficient (Wildman–Crippen LogP) is 4.89. The van der Waals surface area contributed by atoms with Crippen LogP contribution in [0.1, 0.15) is 31.1 Å². The van der Waals surface area contributed by atoms with Crippen LogP contribution in [0.4, 0.5) is 4.39 Å². The van der Waals surface area contributed by atoms with Gasteiger partial charge in [0.15, 0.2) is 0 Å². The van der Waals surface area contributed by atoms with Gasteiger partial charge in [0, 0.05) is 11.5 Å². The zero-order valence-electron chi connectivity index (χ0n) is 17.1. The number of benzene rings is 2. The summed E-state index contributed by atoms with van der Waals surface area (Å²) in [6.45, 7) is 4.36. The van der Waals surface area contributed by atoms with Crippen molar-refractivity contribution in [3.63, 3.8) is 0 Å². The maximum absolute atomic E-state index is 13.4. The van der Waals surface area contributed by atoms with E-state index in [0.717, 1.165) is 17.7 Å². The number of rotatable bonds is 7. The Hall–Kier alpha value is -2.66. The zero-order chi connectivity index (χ0) is 20.8. The highest BCUT2D eigenvalue weighted by atomic mass is 19.1. The average molecular weight is 398 g/mol. The highest BCUT2D eigenvalue weighted by Gasteiger charge is 2.39. The Morgan fingerprint density at radius 3 is 2.48 bits per heavy atom. The number of carbonyl (C=O) groups excluding carboxylic acids is 1. The molecule has 154 valence electrons. The van der Waals surface area contributed by atoms with Gasteiger partial charge in [-0.05, 0) is 61.6 Å². The summed E-state index contributed by atoms with van der Waals surface area (Å²) < 4.78 is 30.2. The second-order valence-electron chi connectivity index (χ2n) is 7.35. The molecule has 0 bridgehead atoms. The van der Waals surface area contributed by atoms with Crippen molar-refractivity contribution in [2.24, 2.45) is 11.8 Å². The summed E-state index contributed by atoms with van der Waals surface area (Å²) in [6.07, 6.45) is 2.30. The molecule has 4 nitrogen and oxygen atoms in total. The van der Waals surface area contributed by atoms with E-state index in [2.05, 4.69) is 0 Å². The topological polar surface area (TPSA) is 44.8 Å². The second-order valence-corrected chi connectivity index (χ2v) is 7.35. The summed E-state index contributed by atoms with van der Waals surface area (Å²) in [5.41, 5.74) is 2.64. The first-order valence-corrected chi connectivity index (χ1v) is 9.82. The van der Waals surface area contributed by atoms with Crippen molar-refractivity contribution in [2.45, 2.75) is 26.4 Å². The molecule has 2 aromatic carbocycles. The molecule has 0 aliphatic carbocycles. The first-order valence-electron chi connectivity index (χ1n) is 9.82. The van der Waals surface area contributed by atoms with Crippen molar-refractivity contribution in [1.29, 1.82) is 0 Å². The van der Waals surface area contributed by atoms with Gasteiger partial charge in [0.2, 0.25) is 0 Å². The molecule has 0 N–H and O–H groups in total. The first kappa shape index (κ1) is 21.1. The highest BCUT2D eigenvalue weighted by Crippen LogP contribution is 2.40. The lowest BCUT2D eigenvalue weighted by Crippen LogP contribution is -2.24. The number of carbonyl (C=O) groups is 1. The van der Waals surface area contributed by atoms with Gasteiger partial charge in [0.25, 0.3) is 0 Å². The third kappa shape index (κ3) is 5.24. The summed E-state index contributed by atoms with van der Waals surface area (Å²) in [5.74, 6) is 0.370. The van der Waals surface area contributed by atoms with Gasteiger partial charge in [0.1, 0.15) is 11.6 Å². The van der Waals surface area contributed by atoms with Crippen LogP contribution in [0.5, 0.6) is 5.75 Å². The van der Waals surface area contributed by atoms with E-state index in [1.165, 1.54) is 17.7 Å². The zero-order valence-corrected chi connectivity index (χ0v) is 17.1. The van der Waals surface area contributed by atoms with Gasteiger partial charge >= 0.3 is 5.97 Å². The number of ether oxygens (including phenoxy) is 3. The number of hydrogen-bond acceptors (Lipinski definition) is 4. The summed E-state index contributed by atoms with van der Waals surface area (Å²) in [5, 5.41) is 0. The van der Waals surface area contributed by atoms with Crippen LogP contribution in [-0.4, -0.2) is 26.3 Å². The molecule has 0 saturated carbocycles. The Morgan fingerprint density at radius 1 is 1.17 bits per heavy atom. The Kier molecular flexibility index (Phi) is 7.04. The molecule has 0 radical (unpaired) electrons. The van der Waals surface area contributed by atoms with Crippen molar-refractivity contribution >= 4 is 5.97 Å². The molecule has 1 aliphatic rings. The van der Waals surface area contributed by atoms with E-state index in [4.69, 9.17) is 14.2 Å². The Labute approximate surface area is 171 Å². The fourth-order valence-corrected chi connectivity index (χ4v) is 3.62. The number of esters is 1. The van der Waals surface area contributed by atoms with Crippen LogP contribution >= 0.6 is 0 Å². The van der Waals surface area contributed by atoms with Crippen LogP contribution < -0.4 is 4.74 Å². The maximum Gasteiger partial charge on any atom is 0.333 e. The molecular formula is C24H27FO4. The van der Waals surface area contributed by atoms with E-state index < -0.39 is 0 Å². The molecule has 0 amide bonds. The van der Waals surface area contributed by atoms with E-state index in [1.54, 1.807) is 32.2 Å². The lowest BCUT2D eigenvalue weighted by Gasteiger charge is -2.23. The van der Waals surface area contributed by atoms with Gasteiger partial charge in [-0.25, -0.2) is 9.18 Å². The van der Waals surface area contributed by atoms with Crippen LogP contribution in [0, 0.1) is 17.7 Å². The van der Waals surface area contributed by atoms with Crippen LogP contribution in [0.25, 0.3) is 0 Å². The van der Waals surface area contributed by atoms with Crippen molar-refractivity contribution in [2.75, 3.05) is 20.3 Å². The van der Waals surface area contributed by atoms with Gasteiger partial charge in [-0.1, -0.05) is 30.3 Å². The third-order valence-corrected chi connectivity index (χ3v) is 5.50. The molecule has 0 unspecified atom stereocenters. The Bertz CT molecular complexity index is 842. The number of halogens is 1. The van der Waals surface area contributed by atoms with Gasteiger partial charge in [-0.3, -0.25) is 0 Å². The fraction of sp³-hybridized carbons (Fsp3) is 0.375. The highest BCUT2D eigenvalue weighted by molar-refractivity contribution is 5.87. The van der Waals surface area contributed by atoms with E-state index in [9.17, 15) is 9.18 Å². The van der Waals surface area contributed by atoms with Crippen molar-refractivity contribution in [3.8, 4) is 5.75 Å². The smallest absolute Gasteiger partial charge is 0.333 e. The first-order chi connectivity index (χ1) is 14.0. The van der Waals surface area contributed by atoms with Gasteiger partial charge in [-0.2, -0.15) is 0 Å². The van der Waals surface area contributed by atoms with E-state index >= 15 is 0 Å². The average Bonchev–Trinajstić information content (AvgIpc) is 3.14. The molecule has 0 spiro atoms. The maximum atomic E-state index is 13.4. The molecule has 3 atom stereocenters. The summed E-state index contributed by atoms with van der Waals surface area (Å²) in [7, 11) is 1.64. The van der Waals surface area contributed by atoms with Crippen molar-refractivity contribution < 1.29 is 23.4 Å². The molecule has 5 heteroatoms. The summed E-state index contributed by atoms with van der Waals surface area (Å²) in [6, 6.07) is 14.3. The lowest BCUT2D eigenvalue weighted by molar-refractivity contribution is -0.141. The Balaban J connectivity index is 1.77. The standard InChI is InChI=1S/C24H27FO4/c1-4-16(2)24(26)29-15-22-19(13-17-5-11-21(27-3)12-6-17)14-28-23(22)18-7-9-20(25)10-8-18/h4-12,19,22-23H,13-15H2,1-3H3/b16-4-/t19-,22-,23+/m0/s1. The number of allylic oxidation sites excluding steroid dienone is 1. The predicted molar refractivity (Wildman–Crippen MR) is 109 cm³/mol. The minimum atomic E-state index is -0.319. The number of hydrogen-bond donors (Lipinski definition) is 0. The van der Waals surface area contributed by atoms with E-state index in [1.807, 2.05) is 31.2 Å². The quantitative estimate of drug-likeness (QED) is 0.492. The monoisotopic (exact) mass is 398 g/mol. The largest absolute Gasteiger partial charge is 0.497 e. The van der Waals surface area contributed by atoms with E-state index in [0.29, 0.717) is 12.2 Å². The SMILES string of the molecule is C/C=C(/C)C(=O)OC[C@H]1[C@@H](Cc2ccc(OC)cc2)CO[C@@H]1c1ccc(F)cc1. The van der Waals surface area contributed by atoms with Gasteiger partial charge < -0.3 is 14.2 Å². The normalized spacial score (nSPS) is 21.8. The summed E-state index contributed by atoms with van der Waals surface area (Å²) >= 11 is 0. The van der Waals surface area contributed by atoms with Crippen LogP contribution in [-0.2, 0) is 20.7 Å². The number of methoxy groups -OCH3 is 1. The molecule has 1 aliphatic heterocycles. The Morgan fingerprint density at radius 2 is 1.86 bits per heavy atom. The molecule has 3 rings (SSSR count). The van der Waals surface area contributed by atoms with Crippen LogP contribution in [0.2, 0.25) is 0 Å². The van der Waals surface area contributed by atoms with Gasteiger partial charge in [-0.15, -0.1) is 0 Å². The fourth-order valence-electron chi connectivity index (χ4n) is 3.62. The minimum Gasteiger partial charge on any atom is -0.497 e. The third-order valence-electron chi connectivity index (χ3n) is 5.50. The molecule has 1 heterocycles. The molecule has 29 heavy (non-hydrogen) atoms. The minimum absolute atomic E-state index is 0.0174. The molecule has 0 aromatic heterocycles. The van der Waals surface area contributed by atoms with Crippen LogP contribution in [0.15, 0.2) is 60.2 Å². The van der Waals surface area contributed by atoms with Crippen molar-refractivity contribution in [3.05, 3.63) is 77.1 Å². The molecule has 2 aromatic rings. The van der Waals surface area contributed by atoms with Crippen molar-refractivity contribution in [1.82, 2.24) is 0 Å². The lowest BCUT2D eigenvalue weighted by atomic mass is 9.84. The van der Waals surface area contributed by atoms with Crippen LogP contribution in [0.3, 0.4) is 0 Å². The van der Waals surface area contributed by atoms with E-state index in [-0.39, 0.29) is 36.3 Å². The molecule has 1 fully saturated rings. The summed E-state index contributed by atoms with van der Waals surface area (Å²) in [4.78, 5) is 12.2. The van der Waals surface area contributed by atoms with Gasteiger partial charge in [0.05, 0.1) is 26.4 Å². The molecule has 1 saturated heterocycles. The molecular weight excluding hydrogens is 371 g/mol.